The molecule has 3 heteroatoms. The van der Waals surface area contributed by atoms with Crippen LogP contribution in [0.25, 0.3) is 0 Å². The van der Waals surface area contributed by atoms with Gasteiger partial charge < -0.3 is 10.2 Å². The Kier molecular flexibility index (Phi) is 4.27. The topological polar surface area (TPSA) is 57.5 Å². The van der Waals surface area contributed by atoms with Crippen molar-refractivity contribution in [1.82, 2.24) is 0 Å². The molecular formula is C19H22O3. The van der Waals surface area contributed by atoms with Crippen LogP contribution in [0, 0.1) is 13.8 Å². The molecule has 2 rings (SSSR count). The number of aryl methyl sites for hydroxylation is 2. The number of carbonyl (C=O) groups is 1. The predicted octanol–water partition coefficient (Wildman–Crippen LogP) is 4.42. The van der Waals surface area contributed by atoms with E-state index in [9.17, 15) is 15.0 Å². The van der Waals surface area contributed by atoms with E-state index in [0.717, 1.165) is 12.0 Å². The molecule has 0 bridgehead atoms. The molecular weight excluding hydrogens is 276 g/mol. The molecule has 0 saturated heterocycles. The Balaban J connectivity index is 2.68. The van der Waals surface area contributed by atoms with E-state index in [1.165, 1.54) is 5.56 Å². The van der Waals surface area contributed by atoms with Gasteiger partial charge >= 0.3 is 5.97 Å². The monoisotopic (exact) mass is 298 g/mol. The largest absolute Gasteiger partial charge is 0.507 e. The van der Waals surface area contributed by atoms with Crippen molar-refractivity contribution in [3.8, 4) is 5.75 Å². The summed E-state index contributed by atoms with van der Waals surface area (Å²) in [6, 6.07) is 11.7. The molecule has 2 aromatic carbocycles. The van der Waals surface area contributed by atoms with Gasteiger partial charge in [0.15, 0.2) is 0 Å². The lowest BCUT2D eigenvalue weighted by molar-refractivity contribution is 0.0692. The van der Waals surface area contributed by atoms with Crippen LogP contribution in [0.4, 0.5) is 0 Å². The van der Waals surface area contributed by atoms with E-state index in [1.54, 1.807) is 13.0 Å². The van der Waals surface area contributed by atoms with Crippen LogP contribution in [0.2, 0.25) is 0 Å². The van der Waals surface area contributed by atoms with Crippen LogP contribution in [0.15, 0.2) is 36.4 Å². The number of carboxylic acid groups (broad SMARTS) is 1. The third kappa shape index (κ3) is 2.59. The van der Waals surface area contributed by atoms with Gasteiger partial charge in [-0.25, -0.2) is 4.79 Å². The first-order valence-electron chi connectivity index (χ1n) is 7.44. The van der Waals surface area contributed by atoms with E-state index in [0.29, 0.717) is 11.1 Å². The standard InChI is InChI=1S/C19H22O3/c1-5-19(4,14-9-6-12(2)7-10-14)15-11-8-13(3)16(17(15)20)18(21)22/h6-11,20H,5H2,1-4H3,(H,21,22). The average molecular weight is 298 g/mol. The second-order valence-corrected chi connectivity index (χ2v) is 6.01. The highest BCUT2D eigenvalue weighted by Gasteiger charge is 2.32. The fourth-order valence-electron chi connectivity index (χ4n) is 2.88. The van der Waals surface area contributed by atoms with Gasteiger partial charge in [-0.2, -0.15) is 0 Å². The van der Waals surface area contributed by atoms with Gasteiger partial charge in [-0.1, -0.05) is 55.8 Å². The summed E-state index contributed by atoms with van der Waals surface area (Å²) in [6.45, 7) is 7.80. The van der Waals surface area contributed by atoms with Gasteiger partial charge in [-0.05, 0) is 31.4 Å². The number of benzene rings is 2. The highest BCUT2D eigenvalue weighted by molar-refractivity contribution is 5.93. The van der Waals surface area contributed by atoms with E-state index in [4.69, 9.17) is 0 Å². The molecule has 0 spiro atoms. The Morgan fingerprint density at radius 1 is 1.09 bits per heavy atom. The number of aromatic hydroxyl groups is 1. The molecule has 0 saturated carbocycles. The summed E-state index contributed by atoms with van der Waals surface area (Å²) in [6.07, 6.45) is 0.756. The van der Waals surface area contributed by atoms with Crippen molar-refractivity contribution in [2.24, 2.45) is 0 Å². The minimum atomic E-state index is -1.10. The second kappa shape index (κ2) is 5.84. The lowest BCUT2D eigenvalue weighted by atomic mass is 9.73. The van der Waals surface area contributed by atoms with Crippen LogP contribution >= 0.6 is 0 Å². The molecule has 22 heavy (non-hydrogen) atoms. The summed E-state index contributed by atoms with van der Waals surface area (Å²) in [5.41, 5.74) is 3.01. The predicted molar refractivity (Wildman–Crippen MR) is 87.7 cm³/mol. The summed E-state index contributed by atoms with van der Waals surface area (Å²) >= 11 is 0. The van der Waals surface area contributed by atoms with Gasteiger partial charge in [0.25, 0.3) is 0 Å². The molecule has 0 fully saturated rings. The van der Waals surface area contributed by atoms with Crippen LogP contribution in [0.1, 0.15) is 52.9 Å². The molecule has 116 valence electrons. The lowest BCUT2D eigenvalue weighted by Gasteiger charge is -2.31. The second-order valence-electron chi connectivity index (χ2n) is 6.01. The van der Waals surface area contributed by atoms with Crippen LogP contribution in [-0.4, -0.2) is 16.2 Å². The number of phenols is 1. The third-order valence-corrected chi connectivity index (χ3v) is 4.59. The van der Waals surface area contributed by atoms with E-state index in [-0.39, 0.29) is 11.3 Å². The number of carboxylic acids is 1. The number of hydrogen-bond acceptors (Lipinski definition) is 2. The molecule has 2 aromatic rings. The summed E-state index contributed by atoms with van der Waals surface area (Å²) < 4.78 is 0. The van der Waals surface area contributed by atoms with Crippen molar-refractivity contribution in [2.75, 3.05) is 0 Å². The maximum absolute atomic E-state index is 11.4. The number of aromatic carboxylic acids is 1. The van der Waals surface area contributed by atoms with Crippen LogP contribution in [0.5, 0.6) is 5.75 Å². The molecule has 0 aromatic heterocycles. The van der Waals surface area contributed by atoms with E-state index in [2.05, 4.69) is 0 Å². The fraction of sp³-hybridized carbons (Fsp3) is 0.316. The summed E-state index contributed by atoms with van der Waals surface area (Å²) in [4.78, 5) is 11.4. The van der Waals surface area contributed by atoms with Gasteiger partial charge in [-0.15, -0.1) is 0 Å². The third-order valence-electron chi connectivity index (χ3n) is 4.59. The fourth-order valence-corrected chi connectivity index (χ4v) is 2.88. The van der Waals surface area contributed by atoms with Gasteiger partial charge in [-0.3, -0.25) is 0 Å². The summed E-state index contributed by atoms with van der Waals surface area (Å²) in [5, 5.41) is 19.9. The molecule has 0 amide bonds. The zero-order chi connectivity index (χ0) is 16.5. The highest BCUT2D eigenvalue weighted by Crippen LogP contribution is 2.42. The molecule has 0 radical (unpaired) electrons. The van der Waals surface area contributed by atoms with Crippen LogP contribution in [0.3, 0.4) is 0 Å². The first kappa shape index (κ1) is 16.1. The molecule has 3 nitrogen and oxygen atoms in total. The van der Waals surface area contributed by atoms with Gasteiger partial charge in [0.2, 0.25) is 0 Å². The van der Waals surface area contributed by atoms with Crippen molar-refractivity contribution in [3.05, 3.63) is 64.2 Å². The van der Waals surface area contributed by atoms with Crippen LogP contribution in [-0.2, 0) is 5.41 Å². The Morgan fingerprint density at radius 2 is 1.68 bits per heavy atom. The van der Waals surface area contributed by atoms with Crippen molar-refractivity contribution < 1.29 is 15.0 Å². The van der Waals surface area contributed by atoms with E-state index in [1.807, 2.05) is 51.1 Å². The average Bonchev–Trinajstić information content (AvgIpc) is 2.47. The zero-order valence-corrected chi connectivity index (χ0v) is 13.5. The summed E-state index contributed by atoms with van der Waals surface area (Å²) in [7, 11) is 0. The maximum atomic E-state index is 11.4. The Hall–Kier alpha value is -2.29. The Labute approximate surface area is 131 Å². The first-order chi connectivity index (χ1) is 10.3. The minimum Gasteiger partial charge on any atom is -0.507 e. The van der Waals surface area contributed by atoms with Crippen molar-refractivity contribution in [1.29, 1.82) is 0 Å². The lowest BCUT2D eigenvalue weighted by Crippen LogP contribution is -2.23. The molecule has 2 N–H and O–H groups in total. The molecule has 1 atom stereocenters. The smallest absolute Gasteiger partial charge is 0.339 e. The number of rotatable bonds is 4. The molecule has 0 aliphatic heterocycles. The Morgan fingerprint density at radius 3 is 2.18 bits per heavy atom. The zero-order valence-electron chi connectivity index (χ0n) is 13.5. The molecule has 0 heterocycles. The molecule has 0 aliphatic rings. The SMILES string of the molecule is CCC(C)(c1ccc(C)cc1)c1ccc(C)c(C(=O)O)c1O. The Bertz CT molecular complexity index is 701. The number of hydrogen-bond donors (Lipinski definition) is 2. The molecule has 1 unspecified atom stereocenters. The van der Waals surface area contributed by atoms with Crippen molar-refractivity contribution in [2.45, 2.75) is 39.5 Å². The van der Waals surface area contributed by atoms with Crippen molar-refractivity contribution >= 4 is 5.97 Å². The normalized spacial score (nSPS) is 13.6. The summed E-state index contributed by atoms with van der Waals surface area (Å²) in [5.74, 6) is -1.23. The van der Waals surface area contributed by atoms with Gasteiger partial charge in [0.1, 0.15) is 11.3 Å². The van der Waals surface area contributed by atoms with E-state index < -0.39 is 11.4 Å². The van der Waals surface area contributed by atoms with E-state index >= 15 is 0 Å². The van der Waals surface area contributed by atoms with Gasteiger partial charge in [0, 0.05) is 11.0 Å². The van der Waals surface area contributed by atoms with Crippen molar-refractivity contribution in [3.63, 3.8) is 0 Å². The highest BCUT2D eigenvalue weighted by atomic mass is 16.4. The first-order valence-corrected chi connectivity index (χ1v) is 7.44. The minimum absolute atomic E-state index is 0.00992. The van der Waals surface area contributed by atoms with Gasteiger partial charge in [0.05, 0.1) is 0 Å². The van der Waals surface area contributed by atoms with Crippen LogP contribution < -0.4 is 0 Å². The quantitative estimate of drug-likeness (QED) is 0.878. The maximum Gasteiger partial charge on any atom is 0.339 e. The molecule has 0 aliphatic carbocycles.